The number of methoxy groups -OCH3 is 1. The molecule has 1 saturated heterocycles. The van der Waals surface area contributed by atoms with Gasteiger partial charge in [-0.25, -0.2) is 4.98 Å². The van der Waals surface area contributed by atoms with E-state index < -0.39 is 0 Å². The van der Waals surface area contributed by atoms with E-state index in [9.17, 15) is 4.79 Å². The molecule has 1 aliphatic heterocycles. The smallest absolute Gasteiger partial charge is 0.246 e. The highest BCUT2D eigenvalue weighted by molar-refractivity contribution is 14.1. The molecular weight excluding hydrogens is 407 g/mol. The summed E-state index contributed by atoms with van der Waals surface area (Å²) in [6, 6.07) is 2.22. The van der Waals surface area contributed by atoms with Crippen molar-refractivity contribution < 1.29 is 9.53 Å². The first kappa shape index (κ1) is 16.3. The normalized spacial score (nSPS) is 21.0. The number of hydrogen-bond donors (Lipinski definition) is 1. The first-order valence-electron chi connectivity index (χ1n) is 7.39. The number of pyridine rings is 1. The van der Waals surface area contributed by atoms with Crippen LogP contribution in [0.15, 0.2) is 31.1 Å². The number of rotatable bonds is 4. The van der Waals surface area contributed by atoms with Crippen LogP contribution in [0.25, 0.3) is 10.9 Å². The molecule has 1 aliphatic rings. The predicted octanol–water partition coefficient (Wildman–Crippen LogP) is 2.20. The molecule has 1 amide bonds. The second kappa shape index (κ2) is 6.48. The van der Waals surface area contributed by atoms with Gasteiger partial charge in [-0.15, -0.1) is 0 Å². The van der Waals surface area contributed by atoms with E-state index in [0.717, 1.165) is 20.9 Å². The van der Waals surface area contributed by atoms with Gasteiger partial charge in [0.2, 0.25) is 5.91 Å². The van der Waals surface area contributed by atoms with Crippen LogP contribution in [0.2, 0.25) is 0 Å². The molecule has 0 aliphatic carbocycles. The number of carbonyl (C=O) groups excluding carboxylic acids is 1. The van der Waals surface area contributed by atoms with Gasteiger partial charge in [0.1, 0.15) is 5.82 Å². The summed E-state index contributed by atoms with van der Waals surface area (Å²) in [4.78, 5) is 18.1. The molecule has 6 nitrogen and oxygen atoms in total. The van der Waals surface area contributed by atoms with E-state index in [0.29, 0.717) is 19.0 Å². The molecule has 0 spiro atoms. The summed E-state index contributed by atoms with van der Waals surface area (Å²) in [5, 5.41) is 0.977. The zero-order valence-electron chi connectivity index (χ0n) is 12.9. The first-order chi connectivity index (χ1) is 11.1. The van der Waals surface area contributed by atoms with Gasteiger partial charge < -0.3 is 19.9 Å². The average molecular weight is 426 g/mol. The summed E-state index contributed by atoms with van der Waals surface area (Å²) in [6.07, 6.45) is 6.01. The number of nitrogen functional groups attached to an aromatic ring is 1. The molecule has 1 unspecified atom stereocenters. The Hall–Kier alpha value is -1.61. The minimum Gasteiger partial charge on any atom is -0.383 e. The maximum absolute atomic E-state index is 12.1. The van der Waals surface area contributed by atoms with Crippen LogP contribution in [0, 0.1) is 3.57 Å². The number of nitrogens with two attached hydrogens (primary N) is 1. The van der Waals surface area contributed by atoms with Crippen LogP contribution < -0.4 is 5.73 Å². The van der Waals surface area contributed by atoms with Crippen molar-refractivity contribution in [3.05, 3.63) is 34.7 Å². The maximum Gasteiger partial charge on any atom is 0.246 e. The Morgan fingerprint density at radius 1 is 1.65 bits per heavy atom. The molecule has 1 fully saturated rings. The lowest BCUT2D eigenvalue weighted by atomic mass is 10.1. The number of amides is 1. The summed E-state index contributed by atoms with van der Waals surface area (Å²) >= 11 is 2.28. The fourth-order valence-electron chi connectivity index (χ4n) is 3.32. The van der Waals surface area contributed by atoms with Gasteiger partial charge in [0.15, 0.2) is 0 Å². The molecule has 2 atom stereocenters. The Kier molecular flexibility index (Phi) is 4.58. The monoisotopic (exact) mass is 426 g/mol. The highest BCUT2D eigenvalue weighted by atomic mass is 127. The molecule has 7 heteroatoms. The number of likely N-dealkylation sites (tertiary alicyclic amines) is 1. The highest BCUT2D eigenvalue weighted by Gasteiger charge is 2.35. The number of anilines is 1. The Morgan fingerprint density at radius 3 is 3.13 bits per heavy atom. The third-order valence-electron chi connectivity index (χ3n) is 4.33. The number of nitrogens with zero attached hydrogens (tertiary/aromatic N) is 3. The number of carbonyl (C=O) groups is 1. The fourth-order valence-corrected chi connectivity index (χ4v) is 4.17. The zero-order valence-corrected chi connectivity index (χ0v) is 15.1. The van der Waals surface area contributed by atoms with Crippen molar-refractivity contribution in [2.75, 3.05) is 26.0 Å². The van der Waals surface area contributed by atoms with Gasteiger partial charge in [-0.1, -0.05) is 6.58 Å². The van der Waals surface area contributed by atoms with Gasteiger partial charge in [-0.05, 0) is 41.2 Å². The quantitative estimate of drug-likeness (QED) is 0.601. The summed E-state index contributed by atoms with van der Waals surface area (Å²) in [5.74, 6) is 0.484. The third-order valence-corrected chi connectivity index (χ3v) is 5.15. The molecule has 2 N–H and O–H groups in total. The summed E-state index contributed by atoms with van der Waals surface area (Å²) in [5.41, 5.74) is 7.07. The first-order valence-corrected chi connectivity index (χ1v) is 8.47. The molecule has 3 heterocycles. The van der Waals surface area contributed by atoms with Crippen molar-refractivity contribution in [1.29, 1.82) is 0 Å². The van der Waals surface area contributed by atoms with E-state index in [4.69, 9.17) is 10.5 Å². The number of ether oxygens (including phenoxy) is 1. The van der Waals surface area contributed by atoms with Crippen LogP contribution in [0.5, 0.6) is 0 Å². The van der Waals surface area contributed by atoms with Crippen molar-refractivity contribution >= 4 is 45.2 Å². The minimum absolute atomic E-state index is 0.0538. The predicted molar refractivity (Wildman–Crippen MR) is 98.1 cm³/mol. The van der Waals surface area contributed by atoms with Crippen molar-refractivity contribution in [3.8, 4) is 0 Å². The SMILES string of the molecule is C=CC(=O)N1CC(n2cc(I)c3c(N)nccc32)C[C@@H]1COC. The largest absolute Gasteiger partial charge is 0.383 e. The Bertz CT molecular complexity index is 758. The van der Waals surface area contributed by atoms with Gasteiger partial charge in [0.25, 0.3) is 0 Å². The molecule has 3 rings (SSSR count). The van der Waals surface area contributed by atoms with Crippen LogP contribution in [0.3, 0.4) is 0 Å². The van der Waals surface area contributed by atoms with Crippen molar-refractivity contribution in [3.63, 3.8) is 0 Å². The minimum atomic E-state index is -0.0538. The topological polar surface area (TPSA) is 73.4 Å². The van der Waals surface area contributed by atoms with Gasteiger partial charge >= 0.3 is 0 Å². The molecule has 2 aromatic heterocycles. The molecule has 0 aromatic carbocycles. The third kappa shape index (κ3) is 2.83. The number of fused-ring (bicyclic) bond motifs is 1. The second-order valence-electron chi connectivity index (χ2n) is 5.67. The number of aromatic nitrogens is 2. The van der Waals surface area contributed by atoms with Crippen LogP contribution >= 0.6 is 22.6 Å². The zero-order chi connectivity index (χ0) is 16.6. The Labute approximate surface area is 148 Å². The summed E-state index contributed by atoms with van der Waals surface area (Å²) < 4.78 is 8.55. The molecule has 23 heavy (non-hydrogen) atoms. The van der Waals surface area contributed by atoms with E-state index in [1.165, 1.54) is 6.08 Å². The maximum atomic E-state index is 12.1. The van der Waals surface area contributed by atoms with E-state index in [1.54, 1.807) is 13.3 Å². The van der Waals surface area contributed by atoms with Gasteiger partial charge in [0, 0.05) is 29.6 Å². The molecule has 0 radical (unpaired) electrons. The van der Waals surface area contributed by atoms with Crippen LogP contribution in [-0.4, -0.2) is 46.7 Å². The summed E-state index contributed by atoms with van der Waals surface area (Å²) in [7, 11) is 1.66. The Balaban J connectivity index is 1.98. The van der Waals surface area contributed by atoms with E-state index in [1.807, 2.05) is 11.0 Å². The van der Waals surface area contributed by atoms with E-state index in [2.05, 4.69) is 44.9 Å². The fraction of sp³-hybridized carbons (Fsp3) is 0.375. The van der Waals surface area contributed by atoms with Crippen LogP contribution in [0.1, 0.15) is 12.5 Å². The second-order valence-corrected chi connectivity index (χ2v) is 6.83. The van der Waals surface area contributed by atoms with Gasteiger partial charge in [0.05, 0.1) is 29.6 Å². The summed E-state index contributed by atoms with van der Waals surface area (Å²) in [6.45, 7) is 4.76. The average Bonchev–Trinajstić information content (AvgIpc) is 3.09. The van der Waals surface area contributed by atoms with Crippen LogP contribution in [-0.2, 0) is 9.53 Å². The van der Waals surface area contributed by atoms with Gasteiger partial charge in [-0.3, -0.25) is 4.79 Å². The van der Waals surface area contributed by atoms with Crippen molar-refractivity contribution in [2.45, 2.75) is 18.5 Å². The van der Waals surface area contributed by atoms with E-state index in [-0.39, 0.29) is 18.0 Å². The highest BCUT2D eigenvalue weighted by Crippen LogP contribution is 2.34. The molecule has 2 aromatic rings. The lowest BCUT2D eigenvalue weighted by Crippen LogP contribution is -2.37. The van der Waals surface area contributed by atoms with E-state index >= 15 is 0 Å². The van der Waals surface area contributed by atoms with Crippen molar-refractivity contribution in [1.82, 2.24) is 14.5 Å². The molecule has 122 valence electrons. The van der Waals surface area contributed by atoms with Gasteiger partial charge in [-0.2, -0.15) is 0 Å². The number of halogens is 1. The molecule has 0 bridgehead atoms. The molecule has 0 saturated carbocycles. The van der Waals surface area contributed by atoms with Crippen LogP contribution in [0.4, 0.5) is 5.82 Å². The van der Waals surface area contributed by atoms with Crippen molar-refractivity contribution in [2.24, 2.45) is 0 Å². The lowest BCUT2D eigenvalue weighted by Gasteiger charge is -2.22. The number of hydrogen-bond acceptors (Lipinski definition) is 4. The standard InChI is InChI=1S/C16H19IN4O2/c1-3-14(22)21-7-10(6-11(21)9-23-2)20-8-12(17)15-13(20)4-5-19-16(15)18/h3-5,8,10-11H,1,6-7,9H2,2H3,(H2,18,19)/t10?,11-/m1/s1. The lowest BCUT2D eigenvalue weighted by molar-refractivity contribution is -0.127. The molecular formula is C16H19IN4O2. The Morgan fingerprint density at radius 2 is 2.43 bits per heavy atom.